The van der Waals surface area contributed by atoms with E-state index < -0.39 is 10.0 Å². The highest BCUT2D eigenvalue weighted by molar-refractivity contribution is 7.89. The lowest BCUT2D eigenvalue weighted by molar-refractivity contribution is 0.402. The average Bonchev–Trinajstić information content (AvgIpc) is 2.90. The van der Waals surface area contributed by atoms with E-state index in [2.05, 4.69) is 4.72 Å². The maximum absolute atomic E-state index is 12.4. The molecule has 0 aliphatic rings. The number of furan rings is 1. The van der Waals surface area contributed by atoms with Crippen LogP contribution in [0, 0.1) is 0 Å². The number of sulfonamides is 1. The summed E-state index contributed by atoms with van der Waals surface area (Å²) >= 11 is 0. The second-order valence-corrected chi connectivity index (χ2v) is 6.40. The van der Waals surface area contributed by atoms with Crippen LogP contribution in [0.3, 0.4) is 0 Å². The van der Waals surface area contributed by atoms with Gasteiger partial charge in [-0.3, -0.25) is 0 Å². The van der Waals surface area contributed by atoms with Crippen molar-refractivity contribution in [3.63, 3.8) is 0 Å². The number of ether oxygens (including phenoxy) is 1. The summed E-state index contributed by atoms with van der Waals surface area (Å²) in [5.74, 6) is 0.964. The van der Waals surface area contributed by atoms with Crippen molar-refractivity contribution in [3.05, 3.63) is 42.4 Å². The van der Waals surface area contributed by atoms with Crippen LogP contribution in [-0.2, 0) is 16.4 Å². The fourth-order valence-corrected chi connectivity index (χ4v) is 3.45. The number of hydrogen-bond donors (Lipinski definition) is 2. The second kappa shape index (κ2) is 6.19. The second-order valence-electron chi connectivity index (χ2n) is 4.72. The molecular weight excluding hydrogens is 292 g/mol. The zero-order valence-corrected chi connectivity index (χ0v) is 12.7. The first kappa shape index (κ1) is 15.4. The van der Waals surface area contributed by atoms with E-state index in [9.17, 15) is 8.42 Å². The van der Waals surface area contributed by atoms with Gasteiger partial charge in [0.2, 0.25) is 10.0 Å². The number of hydrogen-bond acceptors (Lipinski definition) is 5. The number of anilines is 1. The number of nitrogens with one attached hydrogen (secondary N) is 1. The number of methoxy groups -OCH3 is 1. The molecule has 0 aliphatic heterocycles. The Bertz CT molecular complexity index is 696. The van der Waals surface area contributed by atoms with Crippen molar-refractivity contribution in [1.29, 1.82) is 0 Å². The molecule has 1 heterocycles. The van der Waals surface area contributed by atoms with Gasteiger partial charge in [0, 0.05) is 18.2 Å². The first-order valence-corrected chi connectivity index (χ1v) is 7.89. The third-order valence-electron chi connectivity index (χ3n) is 2.92. The predicted octanol–water partition coefficient (Wildman–Crippen LogP) is 1.78. The average molecular weight is 310 g/mol. The van der Waals surface area contributed by atoms with Gasteiger partial charge in [0.25, 0.3) is 0 Å². The van der Waals surface area contributed by atoms with Crippen molar-refractivity contribution >= 4 is 15.7 Å². The van der Waals surface area contributed by atoms with E-state index >= 15 is 0 Å². The molecule has 0 fully saturated rings. The molecule has 2 rings (SSSR count). The smallest absolute Gasteiger partial charge is 0.244 e. The monoisotopic (exact) mass is 310 g/mol. The summed E-state index contributed by atoms with van der Waals surface area (Å²) in [6, 6.07) is 7.72. The van der Waals surface area contributed by atoms with Crippen molar-refractivity contribution in [2.24, 2.45) is 0 Å². The summed E-state index contributed by atoms with van der Waals surface area (Å²) in [4.78, 5) is 0.0243. The van der Waals surface area contributed by atoms with Crippen LogP contribution in [0.5, 0.6) is 5.75 Å². The third-order valence-corrected chi connectivity index (χ3v) is 4.53. The molecule has 114 valence electrons. The highest BCUT2D eigenvalue weighted by atomic mass is 32.2. The molecule has 0 bridgehead atoms. The fraction of sp³-hybridized carbons (Fsp3) is 0.286. The number of rotatable bonds is 6. The maximum atomic E-state index is 12.4. The van der Waals surface area contributed by atoms with Crippen LogP contribution in [0.25, 0.3) is 0 Å². The van der Waals surface area contributed by atoms with E-state index in [4.69, 9.17) is 14.9 Å². The summed E-state index contributed by atoms with van der Waals surface area (Å²) in [5.41, 5.74) is 6.01. The zero-order valence-electron chi connectivity index (χ0n) is 11.9. The molecule has 6 nitrogen and oxygen atoms in total. The number of nitrogens with two attached hydrogens (primary N) is 1. The molecule has 0 amide bonds. The maximum Gasteiger partial charge on any atom is 0.244 e. The number of benzene rings is 1. The molecule has 0 aliphatic carbocycles. The molecule has 21 heavy (non-hydrogen) atoms. The Morgan fingerprint density at radius 1 is 1.38 bits per heavy atom. The molecule has 1 aromatic carbocycles. The van der Waals surface area contributed by atoms with Crippen molar-refractivity contribution in [2.45, 2.75) is 24.3 Å². The molecule has 0 saturated heterocycles. The van der Waals surface area contributed by atoms with Crippen molar-refractivity contribution in [3.8, 4) is 5.75 Å². The summed E-state index contributed by atoms with van der Waals surface area (Å²) in [5, 5.41) is 0. The van der Waals surface area contributed by atoms with E-state index in [-0.39, 0.29) is 16.7 Å². The zero-order chi connectivity index (χ0) is 15.5. The van der Waals surface area contributed by atoms with Gasteiger partial charge in [0.15, 0.2) is 0 Å². The molecule has 0 saturated carbocycles. The van der Waals surface area contributed by atoms with Crippen molar-refractivity contribution in [1.82, 2.24) is 4.72 Å². The lowest BCUT2D eigenvalue weighted by Gasteiger charge is -2.15. The summed E-state index contributed by atoms with van der Waals surface area (Å²) < 4.78 is 37.7. The molecule has 0 radical (unpaired) electrons. The summed E-state index contributed by atoms with van der Waals surface area (Å²) in [7, 11) is -2.31. The van der Waals surface area contributed by atoms with Crippen LogP contribution in [0.15, 0.2) is 45.9 Å². The van der Waals surface area contributed by atoms with Gasteiger partial charge in [-0.05, 0) is 37.3 Å². The Kier molecular flexibility index (Phi) is 4.54. The number of nitrogen functional groups attached to an aromatic ring is 1. The van der Waals surface area contributed by atoms with E-state index in [0.717, 1.165) is 0 Å². The van der Waals surface area contributed by atoms with Crippen molar-refractivity contribution < 1.29 is 17.6 Å². The molecule has 1 aromatic heterocycles. The van der Waals surface area contributed by atoms with Crippen LogP contribution in [0.4, 0.5) is 5.69 Å². The lowest BCUT2D eigenvalue weighted by atomic mass is 10.2. The topological polar surface area (TPSA) is 94.6 Å². The van der Waals surface area contributed by atoms with Gasteiger partial charge in [-0.1, -0.05) is 0 Å². The lowest BCUT2D eigenvalue weighted by Crippen LogP contribution is -2.34. The fourth-order valence-electron chi connectivity index (χ4n) is 2.00. The predicted molar refractivity (Wildman–Crippen MR) is 79.6 cm³/mol. The molecule has 0 spiro atoms. The Balaban J connectivity index is 2.20. The Hall–Kier alpha value is -1.99. The minimum atomic E-state index is -3.72. The minimum absolute atomic E-state index is 0.0243. The standard InChI is InChI=1S/C14H18N2O4S/c1-10(8-12-4-3-7-20-12)16-21(17,18)14-9-11(15)5-6-13(14)19-2/h3-7,9-10,16H,8,15H2,1-2H3. The van der Waals surface area contributed by atoms with E-state index in [1.807, 2.05) is 0 Å². The van der Waals surface area contributed by atoms with Crippen LogP contribution in [-0.4, -0.2) is 21.6 Å². The Morgan fingerprint density at radius 2 is 2.14 bits per heavy atom. The molecule has 3 N–H and O–H groups in total. The van der Waals surface area contributed by atoms with Gasteiger partial charge >= 0.3 is 0 Å². The van der Waals surface area contributed by atoms with Crippen molar-refractivity contribution in [2.75, 3.05) is 12.8 Å². The Labute approximate surface area is 124 Å². The molecule has 1 atom stereocenters. The Morgan fingerprint density at radius 3 is 2.76 bits per heavy atom. The molecule has 7 heteroatoms. The summed E-state index contributed by atoms with van der Waals surface area (Å²) in [6.07, 6.45) is 2.01. The van der Waals surface area contributed by atoms with Gasteiger partial charge in [0.05, 0.1) is 13.4 Å². The normalized spacial score (nSPS) is 13.0. The van der Waals surface area contributed by atoms with Crippen LogP contribution < -0.4 is 15.2 Å². The van der Waals surface area contributed by atoms with E-state index in [1.54, 1.807) is 31.4 Å². The first-order valence-electron chi connectivity index (χ1n) is 6.40. The highest BCUT2D eigenvalue weighted by Gasteiger charge is 2.22. The van der Waals surface area contributed by atoms with Gasteiger partial charge < -0.3 is 14.9 Å². The van der Waals surface area contributed by atoms with Crippen LogP contribution in [0.2, 0.25) is 0 Å². The van der Waals surface area contributed by atoms with E-state index in [1.165, 1.54) is 19.2 Å². The van der Waals surface area contributed by atoms with Gasteiger partial charge in [0.1, 0.15) is 16.4 Å². The molecule has 2 aromatic rings. The van der Waals surface area contributed by atoms with Gasteiger partial charge in [-0.15, -0.1) is 0 Å². The minimum Gasteiger partial charge on any atom is -0.495 e. The van der Waals surface area contributed by atoms with Crippen LogP contribution in [0.1, 0.15) is 12.7 Å². The first-order chi connectivity index (χ1) is 9.92. The SMILES string of the molecule is COc1ccc(N)cc1S(=O)(=O)NC(C)Cc1ccco1. The summed E-state index contributed by atoms with van der Waals surface area (Å²) in [6.45, 7) is 1.76. The van der Waals surface area contributed by atoms with E-state index in [0.29, 0.717) is 17.9 Å². The quantitative estimate of drug-likeness (QED) is 0.793. The highest BCUT2D eigenvalue weighted by Crippen LogP contribution is 2.26. The van der Waals surface area contributed by atoms with Crippen LogP contribution >= 0.6 is 0 Å². The van der Waals surface area contributed by atoms with Gasteiger partial charge in [-0.25, -0.2) is 13.1 Å². The third kappa shape index (κ3) is 3.77. The largest absolute Gasteiger partial charge is 0.495 e. The van der Waals surface area contributed by atoms with Gasteiger partial charge in [-0.2, -0.15) is 0 Å². The molecular formula is C14H18N2O4S. The molecule has 1 unspecified atom stereocenters.